The number of carboxylic acids is 1. The number of hydrogen-bond donors (Lipinski definition) is 9. The molecule has 31 heteroatoms. The summed E-state index contributed by atoms with van der Waals surface area (Å²) >= 11 is 0. The van der Waals surface area contributed by atoms with E-state index in [1.54, 1.807) is 0 Å². The fraction of sp³-hybridized carbons (Fsp3) is 0.859. The highest BCUT2D eigenvalue weighted by Gasteiger charge is 2.45. The van der Waals surface area contributed by atoms with Gasteiger partial charge in [0.2, 0.25) is 47.3 Å². The lowest BCUT2D eigenvalue weighted by Crippen LogP contribution is -2.58. The fourth-order valence-corrected chi connectivity index (χ4v) is 14.9. The van der Waals surface area contributed by atoms with Crippen LogP contribution in [0.4, 0.5) is 0 Å². The summed E-state index contributed by atoms with van der Waals surface area (Å²) in [6.07, 6.45) is 13.2. The zero-order valence-corrected chi connectivity index (χ0v) is 72.4. The number of ketones is 2. The van der Waals surface area contributed by atoms with Crippen molar-refractivity contribution >= 4 is 70.8 Å². The Kier molecular flexibility index (Phi) is 54.7. The molecule has 9 N–H and O–H groups in total. The van der Waals surface area contributed by atoms with Gasteiger partial charge in [0.15, 0.2) is 18.9 Å². The van der Waals surface area contributed by atoms with Gasteiger partial charge in [-0.05, 0) is 125 Å². The SMILES string of the molecule is CCC1O[C@@H](OCCCCC(=O)NCCCCC(=O)CCOCC(COCCC(=O)NCCCNC(=O)CCCCO[C@@H]2OC(CC)[C@@H](C)[C@H](C)C2NC(C)=O)(COCCC(=O)NCCCNC(=O)CCCCO[C@@H]2OC(COC(C)=O)[C@@H](C)[C@H](C)C2NC(C)=O)CC(=O)CCCCCCCCCCC(=O)O)C(NC(C)=O)[C@@H](C)[C@@H]1C. The summed E-state index contributed by atoms with van der Waals surface area (Å²) in [5.74, 6) is -2.05. The van der Waals surface area contributed by atoms with E-state index >= 15 is 0 Å². The van der Waals surface area contributed by atoms with E-state index < -0.39 is 48.4 Å². The lowest BCUT2D eigenvalue weighted by atomic mass is 9.81. The number of amides is 8. The van der Waals surface area contributed by atoms with Crippen LogP contribution in [0.5, 0.6) is 0 Å². The average molecular weight is 1650 g/mol. The van der Waals surface area contributed by atoms with Crippen molar-refractivity contribution in [3.8, 4) is 0 Å². The molecule has 0 aromatic rings. The van der Waals surface area contributed by atoms with Gasteiger partial charge in [-0.15, -0.1) is 0 Å². The van der Waals surface area contributed by atoms with E-state index in [2.05, 4.69) is 84.1 Å². The molecule has 0 bridgehead atoms. The van der Waals surface area contributed by atoms with E-state index in [1.807, 2.05) is 13.8 Å². The van der Waals surface area contributed by atoms with Gasteiger partial charge >= 0.3 is 11.9 Å². The first-order valence-electron chi connectivity index (χ1n) is 43.6. The summed E-state index contributed by atoms with van der Waals surface area (Å²) in [5.41, 5.74) is -1.09. The first-order valence-corrected chi connectivity index (χ1v) is 43.6. The van der Waals surface area contributed by atoms with Gasteiger partial charge in [-0.25, -0.2) is 0 Å². The number of hydrogen-bond acceptors (Lipinski definition) is 22. The zero-order chi connectivity index (χ0) is 85.6. The summed E-state index contributed by atoms with van der Waals surface area (Å²) in [7, 11) is 0. The topological polar surface area (TPSA) is 414 Å². The average Bonchev–Trinajstić information content (AvgIpc) is 0.814. The van der Waals surface area contributed by atoms with E-state index in [-0.39, 0.29) is 229 Å². The van der Waals surface area contributed by atoms with Crippen LogP contribution in [-0.4, -0.2) is 230 Å². The van der Waals surface area contributed by atoms with Crippen LogP contribution in [0.25, 0.3) is 0 Å². The molecular formula is C85H150N8O23. The molecule has 7 unspecified atom stereocenters. The van der Waals surface area contributed by atoms with Crippen molar-refractivity contribution in [3.05, 3.63) is 0 Å². The Morgan fingerprint density at radius 3 is 1.01 bits per heavy atom. The van der Waals surface area contributed by atoms with Crippen LogP contribution in [0, 0.1) is 40.9 Å². The predicted octanol–water partition coefficient (Wildman–Crippen LogP) is 8.69. The summed E-state index contributed by atoms with van der Waals surface area (Å²) in [6.45, 7) is 24.8. The number of Topliss-reactive ketones (excluding diaryl/α,β-unsaturated/α-hetero) is 2. The lowest BCUT2D eigenvalue weighted by Gasteiger charge is -2.44. The molecule has 0 aliphatic carbocycles. The van der Waals surface area contributed by atoms with Gasteiger partial charge in [0, 0.05) is 150 Å². The number of nitrogens with one attached hydrogen (secondary N) is 8. The summed E-state index contributed by atoms with van der Waals surface area (Å²) in [5, 5.41) is 32.4. The minimum atomic E-state index is -1.09. The molecule has 8 amide bonds. The van der Waals surface area contributed by atoms with Crippen molar-refractivity contribution in [3.63, 3.8) is 0 Å². The maximum atomic E-state index is 14.1. The number of esters is 1. The highest BCUT2D eigenvalue weighted by atomic mass is 16.7. The molecule has 31 nitrogen and oxygen atoms in total. The highest BCUT2D eigenvalue weighted by Crippen LogP contribution is 2.36. The van der Waals surface area contributed by atoms with Crippen molar-refractivity contribution in [2.75, 3.05) is 98.8 Å². The van der Waals surface area contributed by atoms with Crippen molar-refractivity contribution in [2.45, 2.75) is 331 Å². The Morgan fingerprint density at radius 1 is 0.336 bits per heavy atom. The van der Waals surface area contributed by atoms with Gasteiger partial charge in [0.05, 0.1) is 76.1 Å². The smallest absolute Gasteiger partial charge is 0.303 e. The molecule has 668 valence electrons. The van der Waals surface area contributed by atoms with E-state index in [1.165, 1.54) is 27.7 Å². The van der Waals surface area contributed by atoms with Crippen LogP contribution in [0.3, 0.4) is 0 Å². The van der Waals surface area contributed by atoms with Crippen molar-refractivity contribution in [1.82, 2.24) is 42.5 Å². The molecule has 3 fully saturated rings. The third-order valence-corrected chi connectivity index (χ3v) is 22.4. The molecule has 3 heterocycles. The van der Waals surface area contributed by atoms with Crippen molar-refractivity contribution < 1.29 is 110 Å². The molecule has 3 aliphatic heterocycles. The molecule has 116 heavy (non-hydrogen) atoms. The fourth-order valence-electron chi connectivity index (χ4n) is 14.9. The Labute approximate surface area is 691 Å². The molecule has 0 radical (unpaired) electrons. The van der Waals surface area contributed by atoms with Crippen LogP contribution in [-0.2, 0) is 105 Å². The van der Waals surface area contributed by atoms with Gasteiger partial charge in [0.25, 0.3) is 0 Å². The van der Waals surface area contributed by atoms with Gasteiger partial charge in [-0.1, -0.05) is 93.9 Å². The number of carboxylic acid groups (broad SMARTS) is 1. The molecule has 0 saturated carbocycles. The standard InChI is InChI=1S/C85H150N8O23/c1-13-70-58(3)61(6)79(91-64(9)94)82(114-70)110-47-28-24-35-73(100)86-42-27-23-33-68(98)39-50-107-55-85(53-69(99)34-21-19-17-15-16-18-20-22-38-78(105)106,56-108-51-40-76(103)89-45-31-43-87-74(101)36-25-29-48-111-83-80(92-65(10)95)62(7)59(4)71(14-2)115-83)57-109-52-41-77(104)90-46-32-44-88-75(102)37-26-30-49-112-84-81(93-66(11)96)63(8)60(5)72(116-84)54-113-67(12)97/h58-63,70-72,79-84H,13-57H2,1-12H3,(H,86,100)(H,87,101)(H,88,102)(H,89,103)(H,90,104)(H,91,94)(H,92,95)(H,93,96)(H,105,106)/t58-,59-,60-,61-,62-,63-,70?,71?,72?,79?,80?,81?,82+,83+,84+,85?/m0/s1. The van der Waals surface area contributed by atoms with Gasteiger partial charge < -0.3 is 95.0 Å². The summed E-state index contributed by atoms with van der Waals surface area (Å²) in [4.78, 5) is 150. The van der Waals surface area contributed by atoms with E-state index in [9.17, 15) is 57.5 Å². The maximum absolute atomic E-state index is 14.1. The van der Waals surface area contributed by atoms with E-state index in [0.717, 1.165) is 51.4 Å². The number of aliphatic carboxylic acids is 1. The second-order valence-electron chi connectivity index (χ2n) is 32.4. The lowest BCUT2D eigenvalue weighted by molar-refractivity contribution is -0.244. The normalized spacial score (nSPS) is 23.7. The molecule has 3 saturated heterocycles. The molecule has 3 aliphatic rings. The first kappa shape index (κ1) is 104. The molecule has 0 spiro atoms. The second kappa shape index (κ2) is 61.0. The van der Waals surface area contributed by atoms with Crippen LogP contribution in [0.15, 0.2) is 0 Å². The quantitative estimate of drug-likeness (QED) is 0.0203. The van der Waals surface area contributed by atoms with Gasteiger partial charge in [-0.3, -0.25) is 57.5 Å². The molecule has 0 aromatic heterocycles. The number of carbonyl (C=O) groups excluding carboxylic acids is 11. The first-order chi connectivity index (χ1) is 55.5. The van der Waals surface area contributed by atoms with Crippen molar-refractivity contribution in [2.24, 2.45) is 40.9 Å². The monoisotopic (exact) mass is 1650 g/mol. The Hall–Kier alpha value is -6.32. The molecule has 0 aromatic carbocycles. The predicted molar refractivity (Wildman–Crippen MR) is 436 cm³/mol. The van der Waals surface area contributed by atoms with Crippen LogP contribution in [0.1, 0.15) is 276 Å². The van der Waals surface area contributed by atoms with E-state index in [0.29, 0.717) is 129 Å². The summed E-state index contributed by atoms with van der Waals surface area (Å²) < 4.78 is 60.9. The van der Waals surface area contributed by atoms with Crippen LogP contribution in [0.2, 0.25) is 0 Å². The Morgan fingerprint density at radius 2 is 0.647 bits per heavy atom. The molecular weight excluding hydrogens is 1500 g/mol. The third-order valence-electron chi connectivity index (χ3n) is 22.4. The minimum absolute atomic E-state index is 0.0121. The highest BCUT2D eigenvalue weighted by molar-refractivity contribution is 5.80. The summed E-state index contributed by atoms with van der Waals surface area (Å²) in [6, 6.07) is -0.967. The van der Waals surface area contributed by atoms with Crippen molar-refractivity contribution in [1.29, 1.82) is 0 Å². The minimum Gasteiger partial charge on any atom is -0.481 e. The number of unbranched alkanes of at least 4 members (excludes halogenated alkanes) is 11. The largest absolute Gasteiger partial charge is 0.481 e. The van der Waals surface area contributed by atoms with Gasteiger partial charge in [-0.2, -0.15) is 0 Å². The molecule has 16 atom stereocenters. The zero-order valence-electron chi connectivity index (χ0n) is 72.4. The third kappa shape index (κ3) is 45.2. The number of rotatable bonds is 66. The van der Waals surface area contributed by atoms with Crippen LogP contribution >= 0.6 is 0 Å². The number of carbonyl (C=O) groups is 12. The number of ether oxygens (including phenoxy) is 10. The molecule has 3 rings (SSSR count). The second-order valence-corrected chi connectivity index (χ2v) is 32.4. The maximum Gasteiger partial charge on any atom is 0.303 e. The van der Waals surface area contributed by atoms with E-state index in [4.69, 9.17) is 52.5 Å². The Bertz CT molecular complexity index is 2770. The van der Waals surface area contributed by atoms with Gasteiger partial charge in [0.1, 0.15) is 18.2 Å². The Balaban J connectivity index is 1.56. The van der Waals surface area contributed by atoms with Crippen LogP contribution < -0.4 is 42.5 Å².